The fourth-order valence-electron chi connectivity index (χ4n) is 2.63. The lowest BCUT2D eigenvalue weighted by Gasteiger charge is -2.06. The minimum absolute atomic E-state index is 0.745. The number of hydrogen-bond donors (Lipinski definition) is 1. The summed E-state index contributed by atoms with van der Waals surface area (Å²) in [4.78, 5) is 4.72. The monoisotopic (exact) mass is 352 g/mol. The molecule has 1 N–H and O–H groups in total. The third-order valence-electron chi connectivity index (χ3n) is 4.15. The van der Waals surface area contributed by atoms with Crippen LogP contribution in [-0.4, -0.2) is 12.1 Å². The molecule has 0 aliphatic heterocycles. The number of unbranched alkanes of at least 4 members (excludes halogenated alkanes) is 1. The summed E-state index contributed by atoms with van der Waals surface area (Å²) in [6.45, 7) is 2.97. The summed E-state index contributed by atoms with van der Waals surface area (Å²) in [6.07, 6.45) is 3.65. The second-order valence-corrected chi connectivity index (χ2v) is 6.95. The number of anilines is 1. The van der Waals surface area contributed by atoms with Crippen LogP contribution < -0.4 is 10.1 Å². The molecule has 4 heteroatoms. The molecule has 0 aliphatic carbocycles. The summed E-state index contributed by atoms with van der Waals surface area (Å²) >= 11 is 1.68. The fourth-order valence-corrected chi connectivity index (χ4v) is 3.38. The summed E-state index contributed by atoms with van der Waals surface area (Å²) in [7, 11) is 1.68. The quantitative estimate of drug-likeness (QED) is 0.558. The molecule has 130 valence electrons. The topological polar surface area (TPSA) is 34.2 Å². The Morgan fingerprint density at radius 1 is 1.04 bits per heavy atom. The summed E-state index contributed by atoms with van der Waals surface area (Å²) in [5, 5.41) is 6.64. The van der Waals surface area contributed by atoms with E-state index in [0.29, 0.717) is 0 Å². The van der Waals surface area contributed by atoms with Crippen molar-refractivity contribution in [1.82, 2.24) is 4.98 Å². The number of rotatable bonds is 8. The number of aromatic nitrogens is 1. The van der Waals surface area contributed by atoms with Crippen LogP contribution in [0.5, 0.6) is 5.75 Å². The molecule has 0 saturated heterocycles. The maximum Gasteiger partial charge on any atom is 0.118 e. The van der Waals surface area contributed by atoms with Crippen molar-refractivity contribution in [3.05, 3.63) is 64.5 Å². The first-order valence-corrected chi connectivity index (χ1v) is 9.58. The highest BCUT2D eigenvalue weighted by Crippen LogP contribution is 2.24. The van der Waals surface area contributed by atoms with Crippen molar-refractivity contribution in [3.8, 4) is 17.0 Å². The molecule has 0 unspecified atom stereocenters. The zero-order chi connectivity index (χ0) is 17.5. The molecule has 0 bridgehead atoms. The summed E-state index contributed by atoms with van der Waals surface area (Å²) in [6, 6.07) is 16.7. The van der Waals surface area contributed by atoms with Crippen LogP contribution in [0.25, 0.3) is 11.3 Å². The van der Waals surface area contributed by atoms with Crippen molar-refractivity contribution < 1.29 is 4.74 Å². The van der Waals surface area contributed by atoms with E-state index in [1.165, 1.54) is 18.4 Å². The number of nitrogens with zero attached hydrogens (tertiary/aromatic N) is 1. The lowest BCUT2D eigenvalue weighted by atomic mass is 10.1. The van der Waals surface area contributed by atoms with E-state index in [0.717, 1.165) is 40.7 Å². The number of ether oxygens (including phenoxy) is 1. The molecule has 0 aliphatic rings. The van der Waals surface area contributed by atoms with Gasteiger partial charge in [-0.25, -0.2) is 4.98 Å². The smallest absolute Gasteiger partial charge is 0.118 e. The van der Waals surface area contributed by atoms with Crippen LogP contribution >= 0.6 is 11.3 Å². The molecule has 1 aromatic heterocycles. The van der Waals surface area contributed by atoms with E-state index in [4.69, 9.17) is 9.72 Å². The number of aryl methyl sites for hydroxylation is 1. The molecule has 1 heterocycles. The molecular weight excluding hydrogens is 328 g/mol. The first-order chi connectivity index (χ1) is 12.3. The number of benzene rings is 2. The lowest BCUT2D eigenvalue weighted by molar-refractivity contribution is 0.415. The maximum atomic E-state index is 5.20. The maximum absolute atomic E-state index is 5.20. The van der Waals surface area contributed by atoms with Gasteiger partial charge in [-0.2, -0.15) is 0 Å². The normalized spacial score (nSPS) is 10.6. The molecule has 0 radical (unpaired) electrons. The first kappa shape index (κ1) is 17.5. The third-order valence-corrected chi connectivity index (χ3v) is 5.00. The van der Waals surface area contributed by atoms with Gasteiger partial charge < -0.3 is 10.1 Å². The average molecular weight is 353 g/mol. The largest absolute Gasteiger partial charge is 0.497 e. The summed E-state index contributed by atoms with van der Waals surface area (Å²) < 4.78 is 5.20. The third kappa shape index (κ3) is 4.83. The van der Waals surface area contributed by atoms with E-state index >= 15 is 0 Å². The van der Waals surface area contributed by atoms with Crippen LogP contribution in [0.2, 0.25) is 0 Å². The molecule has 25 heavy (non-hydrogen) atoms. The van der Waals surface area contributed by atoms with E-state index < -0.39 is 0 Å². The van der Waals surface area contributed by atoms with Crippen molar-refractivity contribution in [2.24, 2.45) is 0 Å². The second-order valence-electron chi connectivity index (χ2n) is 6.01. The van der Waals surface area contributed by atoms with Crippen molar-refractivity contribution in [2.75, 3.05) is 12.4 Å². The Hall–Kier alpha value is -2.33. The van der Waals surface area contributed by atoms with Crippen molar-refractivity contribution >= 4 is 17.0 Å². The Kier molecular flexibility index (Phi) is 6.07. The number of hydrogen-bond acceptors (Lipinski definition) is 4. The summed E-state index contributed by atoms with van der Waals surface area (Å²) in [5.41, 5.74) is 4.67. The van der Waals surface area contributed by atoms with Gasteiger partial charge >= 0.3 is 0 Å². The second kappa shape index (κ2) is 8.67. The Morgan fingerprint density at radius 2 is 1.80 bits per heavy atom. The molecule has 3 aromatic rings. The predicted molar refractivity (Wildman–Crippen MR) is 106 cm³/mol. The predicted octanol–water partition coefficient (Wildman–Crippen LogP) is 5.77. The Labute approximate surface area is 153 Å². The Morgan fingerprint density at radius 3 is 2.48 bits per heavy atom. The van der Waals surface area contributed by atoms with E-state index in [1.807, 2.05) is 24.3 Å². The van der Waals surface area contributed by atoms with Crippen LogP contribution in [0.15, 0.2) is 53.9 Å². The first-order valence-electron chi connectivity index (χ1n) is 8.70. The van der Waals surface area contributed by atoms with Crippen LogP contribution in [-0.2, 0) is 13.0 Å². The minimum Gasteiger partial charge on any atom is -0.497 e. The van der Waals surface area contributed by atoms with Gasteiger partial charge in [0.15, 0.2) is 0 Å². The van der Waals surface area contributed by atoms with E-state index in [-0.39, 0.29) is 0 Å². The molecule has 0 spiro atoms. The zero-order valence-corrected chi connectivity index (χ0v) is 15.6. The number of nitrogens with one attached hydrogen (secondary N) is 1. The number of thiazole rings is 1. The Bertz CT molecular complexity index is 778. The van der Waals surface area contributed by atoms with Crippen molar-refractivity contribution in [1.29, 1.82) is 0 Å². The van der Waals surface area contributed by atoms with Gasteiger partial charge in [-0.3, -0.25) is 0 Å². The minimum atomic E-state index is 0.745. The van der Waals surface area contributed by atoms with Gasteiger partial charge in [0.2, 0.25) is 0 Å². The van der Waals surface area contributed by atoms with E-state index in [9.17, 15) is 0 Å². The highest BCUT2D eigenvalue weighted by Gasteiger charge is 2.05. The molecule has 3 rings (SSSR count). The van der Waals surface area contributed by atoms with Crippen LogP contribution in [0.3, 0.4) is 0 Å². The SMILES string of the molecule is CCCCc1ccc(NCc2nc(-c3ccc(OC)cc3)cs2)cc1. The lowest BCUT2D eigenvalue weighted by Crippen LogP contribution is -1.99. The molecule has 0 atom stereocenters. The van der Waals surface area contributed by atoms with Gasteiger partial charge in [-0.1, -0.05) is 25.5 Å². The van der Waals surface area contributed by atoms with Gasteiger partial charge in [0.25, 0.3) is 0 Å². The van der Waals surface area contributed by atoms with Crippen LogP contribution in [0.4, 0.5) is 5.69 Å². The molecule has 3 nitrogen and oxygen atoms in total. The summed E-state index contributed by atoms with van der Waals surface area (Å²) in [5.74, 6) is 0.864. The Balaban J connectivity index is 1.57. The molecule has 0 saturated carbocycles. The number of methoxy groups -OCH3 is 1. The average Bonchev–Trinajstić information content (AvgIpc) is 3.14. The van der Waals surface area contributed by atoms with Gasteiger partial charge in [0, 0.05) is 16.6 Å². The van der Waals surface area contributed by atoms with Gasteiger partial charge in [0.05, 0.1) is 19.3 Å². The standard InChI is InChI=1S/C21H24N2OS/c1-3-4-5-16-6-10-18(11-7-16)22-14-21-23-20(15-25-21)17-8-12-19(24-2)13-9-17/h6-13,15,22H,3-5,14H2,1-2H3. The van der Waals surface area contributed by atoms with Gasteiger partial charge in [0.1, 0.15) is 10.8 Å². The van der Waals surface area contributed by atoms with Crippen LogP contribution in [0, 0.1) is 0 Å². The van der Waals surface area contributed by atoms with E-state index in [2.05, 4.69) is 41.9 Å². The fraction of sp³-hybridized carbons (Fsp3) is 0.286. The van der Waals surface area contributed by atoms with E-state index in [1.54, 1.807) is 18.4 Å². The van der Waals surface area contributed by atoms with Crippen LogP contribution in [0.1, 0.15) is 30.3 Å². The van der Waals surface area contributed by atoms with Gasteiger partial charge in [-0.15, -0.1) is 11.3 Å². The highest BCUT2D eigenvalue weighted by atomic mass is 32.1. The van der Waals surface area contributed by atoms with Crippen molar-refractivity contribution in [3.63, 3.8) is 0 Å². The zero-order valence-electron chi connectivity index (χ0n) is 14.8. The molecule has 0 fully saturated rings. The van der Waals surface area contributed by atoms with Gasteiger partial charge in [-0.05, 0) is 54.8 Å². The van der Waals surface area contributed by atoms with Crippen molar-refractivity contribution in [2.45, 2.75) is 32.7 Å². The molecule has 2 aromatic carbocycles. The molecular formula is C21H24N2OS. The molecule has 0 amide bonds. The highest BCUT2D eigenvalue weighted by molar-refractivity contribution is 7.09.